The molecule has 0 spiro atoms. The molecule has 2 aromatic rings. The van der Waals surface area contributed by atoms with E-state index in [1.54, 1.807) is 31.2 Å². The zero-order chi connectivity index (χ0) is 15.5. The molecule has 0 aliphatic rings. The van der Waals surface area contributed by atoms with Crippen LogP contribution in [-0.2, 0) is 10.0 Å². The minimum Gasteiger partial charge on any atom is -0.492 e. The molecule has 0 saturated carbocycles. The highest BCUT2D eigenvalue weighted by Gasteiger charge is 2.20. The van der Waals surface area contributed by atoms with Gasteiger partial charge in [0.15, 0.2) is 0 Å². The summed E-state index contributed by atoms with van der Waals surface area (Å²) in [4.78, 5) is -0.0168. The van der Waals surface area contributed by atoms with Crippen LogP contribution in [0.5, 0.6) is 5.75 Å². The van der Waals surface area contributed by atoms with Gasteiger partial charge in [-0.2, -0.15) is 0 Å². The van der Waals surface area contributed by atoms with E-state index >= 15 is 0 Å². The summed E-state index contributed by atoms with van der Waals surface area (Å²) in [6.45, 7) is 2.12. The van der Waals surface area contributed by atoms with Crippen molar-refractivity contribution >= 4 is 38.9 Å². The van der Waals surface area contributed by atoms with Crippen LogP contribution < -0.4 is 9.46 Å². The van der Waals surface area contributed by atoms with E-state index in [0.717, 1.165) is 0 Å². The molecule has 0 aliphatic heterocycles. The predicted molar refractivity (Wildman–Crippen MR) is 84.9 cm³/mol. The molecule has 0 radical (unpaired) electrons. The fourth-order valence-corrected chi connectivity index (χ4v) is 3.38. The molecule has 0 aromatic heterocycles. The Bertz CT molecular complexity index is 748. The summed E-state index contributed by atoms with van der Waals surface area (Å²) < 4.78 is 32.7. The smallest absolute Gasteiger partial charge is 0.265 e. The maximum Gasteiger partial charge on any atom is 0.265 e. The molecule has 2 aromatic carbocycles. The van der Waals surface area contributed by atoms with E-state index in [1.165, 1.54) is 18.2 Å². The van der Waals surface area contributed by atoms with Gasteiger partial charge < -0.3 is 4.74 Å². The summed E-state index contributed by atoms with van der Waals surface area (Å²) in [5, 5.41) is 0.747. The normalized spacial score (nSPS) is 11.2. The molecule has 7 heteroatoms. The van der Waals surface area contributed by atoms with Gasteiger partial charge in [0, 0.05) is 10.0 Å². The lowest BCUT2D eigenvalue weighted by molar-refractivity contribution is 0.331. The number of hydrogen-bond donors (Lipinski definition) is 1. The van der Waals surface area contributed by atoms with Crippen molar-refractivity contribution in [2.24, 2.45) is 0 Å². The van der Waals surface area contributed by atoms with E-state index in [1.807, 2.05) is 0 Å². The average Bonchev–Trinajstić information content (AvgIpc) is 2.40. The van der Waals surface area contributed by atoms with Crippen LogP contribution in [0.25, 0.3) is 0 Å². The van der Waals surface area contributed by atoms with Crippen molar-refractivity contribution in [3.05, 3.63) is 52.5 Å². The molecular formula is C14H13Cl2NO3S. The molecule has 1 N–H and O–H groups in total. The third-order valence-corrected chi connectivity index (χ3v) is 4.44. The van der Waals surface area contributed by atoms with Crippen molar-refractivity contribution in [2.45, 2.75) is 11.8 Å². The van der Waals surface area contributed by atoms with Gasteiger partial charge >= 0.3 is 0 Å². The Morgan fingerprint density at radius 1 is 1.10 bits per heavy atom. The molecule has 0 aliphatic carbocycles. The van der Waals surface area contributed by atoms with Crippen molar-refractivity contribution in [1.82, 2.24) is 0 Å². The zero-order valence-corrected chi connectivity index (χ0v) is 13.5. The third kappa shape index (κ3) is 4.03. The molecule has 0 heterocycles. The van der Waals surface area contributed by atoms with Crippen LogP contribution >= 0.6 is 23.2 Å². The zero-order valence-electron chi connectivity index (χ0n) is 11.1. The van der Waals surface area contributed by atoms with Crippen LogP contribution in [0.15, 0.2) is 47.4 Å². The van der Waals surface area contributed by atoms with Gasteiger partial charge in [0.05, 0.1) is 12.3 Å². The lowest BCUT2D eigenvalue weighted by atomic mass is 10.3. The van der Waals surface area contributed by atoms with E-state index in [-0.39, 0.29) is 10.6 Å². The van der Waals surface area contributed by atoms with Gasteiger partial charge in [-0.1, -0.05) is 29.3 Å². The van der Waals surface area contributed by atoms with Gasteiger partial charge in [0.25, 0.3) is 10.0 Å². The molecule has 4 nitrogen and oxygen atoms in total. The number of anilines is 1. The quantitative estimate of drug-likeness (QED) is 0.883. The molecule has 21 heavy (non-hydrogen) atoms. The third-order valence-electron chi connectivity index (χ3n) is 2.57. The van der Waals surface area contributed by atoms with Crippen LogP contribution in [0.3, 0.4) is 0 Å². The minimum atomic E-state index is -3.82. The standard InChI is InChI=1S/C14H13Cl2NO3S/c1-2-20-13-7-6-11(16)9-14(13)21(18,19)17-12-5-3-4-10(15)8-12/h3-9,17H,2H2,1H3. The van der Waals surface area contributed by atoms with Gasteiger partial charge in [0.1, 0.15) is 10.6 Å². The SMILES string of the molecule is CCOc1ccc(Cl)cc1S(=O)(=O)Nc1cccc(Cl)c1. The molecule has 0 fully saturated rings. The fraction of sp³-hybridized carbons (Fsp3) is 0.143. The predicted octanol–water partition coefficient (Wildman–Crippen LogP) is 4.19. The van der Waals surface area contributed by atoms with Crippen LogP contribution in [0.2, 0.25) is 10.0 Å². The van der Waals surface area contributed by atoms with Crippen LogP contribution in [-0.4, -0.2) is 15.0 Å². The average molecular weight is 346 g/mol. The van der Waals surface area contributed by atoms with Crippen molar-refractivity contribution < 1.29 is 13.2 Å². The maximum absolute atomic E-state index is 12.5. The van der Waals surface area contributed by atoms with Crippen molar-refractivity contribution in [3.8, 4) is 5.75 Å². The largest absolute Gasteiger partial charge is 0.492 e. The van der Waals surface area contributed by atoms with Crippen molar-refractivity contribution in [2.75, 3.05) is 11.3 Å². The lowest BCUT2D eigenvalue weighted by Gasteiger charge is -2.13. The first-order valence-corrected chi connectivity index (χ1v) is 8.37. The molecule has 112 valence electrons. The number of rotatable bonds is 5. The van der Waals surface area contributed by atoms with E-state index in [0.29, 0.717) is 22.3 Å². The highest BCUT2D eigenvalue weighted by molar-refractivity contribution is 7.92. The van der Waals surface area contributed by atoms with Crippen molar-refractivity contribution in [3.63, 3.8) is 0 Å². The summed E-state index contributed by atoms with van der Waals surface area (Å²) in [7, 11) is -3.82. The van der Waals surface area contributed by atoms with E-state index in [2.05, 4.69) is 4.72 Å². The number of halogens is 2. The molecule has 0 atom stereocenters. The summed E-state index contributed by atoms with van der Waals surface area (Å²) >= 11 is 11.7. The van der Waals surface area contributed by atoms with E-state index in [4.69, 9.17) is 27.9 Å². The Balaban J connectivity index is 2.41. The monoisotopic (exact) mass is 345 g/mol. The fourth-order valence-electron chi connectivity index (χ4n) is 1.73. The Labute approximate surface area is 133 Å². The molecular weight excluding hydrogens is 333 g/mol. The summed E-state index contributed by atoms with van der Waals surface area (Å²) in [5.74, 6) is 0.247. The first kappa shape index (κ1) is 15.9. The molecule has 2 rings (SSSR count). The highest BCUT2D eigenvalue weighted by Crippen LogP contribution is 2.29. The van der Waals surface area contributed by atoms with Crippen LogP contribution in [0.1, 0.15) is 6.92 Å². The minimum absolute atomic E-state index is 0.0168. The second-order valence-electron chi connectivity index (χ2n) is 4.14. The van der Waals surface area contributed by atoms with E-state index in [9.17, 15) is 8.42 Å². The molecule has 0 amide bonds. The summed E-state index contributed by atoms with van der Waals surface area (Å²) in [6.07, 6.45) is 0. The van der Waals surface area contributed by atoms with Gasteiger partial charge in [-0.3, -0.25) is 4.72 Å². The van der Waals surface area contributed by atoms with Crippen LogP contribution in [0, 0.1) is 0 Å². The lowest BCUT2D eigenvalue weighted by Crippen LogP contribution is -2.14. The topological polar surface area (TPSA) is 55.4 Å². The first-order valence-electron chi connectivity index (χ1n) is 6.13. The highest BCUT2D eigenvalue weighted by atomic mass is 35.5. The molecule has 0 saturated heterocycles. The second kappa shape index (κ2) is 6.56. The number of sulfonamides is 1. The van der Waals surface area contributed by atoms with Gasteiger partial charge in [-0.25, -0.2) is 8.42 Å². The summed E-state index contributed by atoms with van der Waals surface area (Å²) in [6, 6.07) is 10.9. The number of nitrogens with one attached hydrogen (secondary N) is 1. The van der Waals surface area contributed by atoms with E-state index < -0.39 is 10.0 Å². The van der Waals surface area contributed by atoms with Crippen molar-refractivity contribution in [1.29, 1.82) is 0 Å². The number of hydrogen-bond acceptors (Lipinski definition) is 3. The second-order valence-corrected chi connectivity index (χ2v) is 6.66. The van der Waals surface area contributed by atoms with Gasteiger partial charge in [-0.15, -0.1) is 0 Å². The Morgan fingerprint density at radius 3 is 2.48 bits per heavy atom. The Morgan fingerprint density at radius 2 is 1.81 bits per heavy atom. The van der Waals surface area contributed by atoms with Crippen LogP contribution in [0.4, 0.5) is 5.69 Å². The van der Waals surface area contributed by atoms with Gasteiger partial charge in [-0.05, 0) is 43.3 Å². The maximum atomic E-state index is 12.5. The Hall–Kier alpha value is -1.43. The summed E-state index contributed by atoms with van der Waals surface area (Å²) in [5.41, 5.74) is 0.366. The molecule has 0 unspecified atom stereocenters. The Kier molecular flexibility index (Phi) is 4.98. The number of ether oxygens (including phenoxy) is 1. The molecule has 0 bridgehead atoms. The van der Waals surface area contributed by atoms with Gasteiger partial charge in [0.2, 0.25) is 0 Å². The first-order chi connectivity index (χ1) is 9.92. The number of benzene rings is 2.